The Balaban J connectivity index is 1.50. The Hall–Kier alpha value is -2.39. The van der Waals surface area contributed by atoms with Gasteiger partial charge in [-0.2, -0.15) is 13.5 Å². The van der Waals surface area contributed by atoms with E-state index in [0.717, 1.165) is 30.7 Å². The number of amidine groups is 1. The highest BCUT2D eigenvalue weighted by molar-refractivity contribution is 7.90. The van der Waals surface area contributed by atoms with Gasteiger partial charge in [0.15, 0.2) is 0 Å². The van der Waals surface area contributed by atoms with Gasteiger partial charge in [-0.15, -0.1) is 4.40 Å². The number of carbonyl (C=O) groups is 1. The van der Waals surface area contributed by atoms with Crippen LogP contribution in [0.4, 0.5) is 5.69 Å². The summed E-state index contributed by atoms with van der Waals surface area (Å²) >= 11 is 6.42. The van der Waals surface area contributed by atoms with Gasteiger partial charge < -0.3 is 10.2 Å². The van der Waals surface area contributed by atoms with E-state index in [9.17, 15) is 13.2 Å². The summed E-state index contributed by atoms with van der Waals surface area (Å²) in [6, 6.07) is 4.94. The van der Waals surface area contributed by atoms with Crippen molar-refractivity contribution in [2.45, 2.75) is 57.4 Å². The molecule has 1 saturated heterocycles. The maximum Gasteiger partial charge on any atom is 0.286 e. The molecule has 2 aliphatic rings. The number of halogens is 1. The molecule has 31 heavy (non-hydrogen) atoms. The minimum absolute atomic E-state index is 0.0374. The molecule has 8 nitrogen and oxygen atoms in total. The number of aromatic nitrogens is 2. The van der Waals surface area contributed by atoms with Gasteiger partial charge >= 0.3 is 0 Å². The van der Waals surface area contributed by atoms with Crippen molar-refractivity contribution in [3.63, 3.8) is 0 Å². The second-order valence-corrected chi connectivity index (χ2v) is 9.98. The van der Waals surface area contributed by atoms with Crippen LogP contribution in [0.2, 0.25) is 5.02 Å². The highest BCUT2D eigenvalue weighted by Gasteiger charge is 2.33. The van der Waals surface area contributed by atoms with E-state index in [-0.39, 0.29) is 15.5 Å². The molecule has 0 saturated carbocycles. The predicted molar refractivity (Wildman–Crippen MR) is 121 cm³/mol. The Morgan fingerprint density at radius 3 is 2.74 bits per heavy atom. The Morgan fingerprint density at radius 1 is 1.19 bits per heavy atom. The van der Waals surface area contributed by atoms with E-state index in [4.69, 9.17) is 11.6 Å². The predicted octanol–water partition coefficient (Wildman–Crippen LogP) is 3.45. The van der Waals surface area contributed by atoms with Gasteiger partial charge in [-0.25, -0.2) is 0 Å². The van der Waals surface area contributed by atoms with Crippen molar-refractivity contribution < 1.29 is 13.2 Å². The van der Waals surface area contributed by atoms with Crippen molar-refractivity contribution in [3.8, 4) is 0 Å². The van der Waals surface area contributed by atoms with Crippen LogP contribution in [0.3, 0.4) is 0 Å². The second kappa shape index (κ2) is 8.63. The molecule has 166 valence electrons. The molecule has 1 aromatic heterocycles. The Labute approximate surface area is 187 Å². The first-order valence-electron chi connectivity index (χ1n) is 10.5. The van der Waals surface area contributed by atoms with Crippen molar-refractivity contribution in [1.82, 2.24) is 15.1 Å². The fraction of sp³-hybridized carbons (Fsp3) is 0.476. The van der Waals surface area contributed by atoms with E-state index in [1.54, 1.807) is 6.07 Å². The summed E-state index contributed by atoms with van der Waals surface area (Å²) in [5, 5.41) is 7.46. The van der Waals surface area contributed by atoms with Crippen LogP contribution in [0.15, 0.2) is 27.5 Å². The van der Waals surface area contributed by atoms with Gasteiger partial charge in [0.1, 0.15) is 10.7 Å². The zero-order valence-corrected chi connectivity index (χ0v) is 19.3. The molecule has 1 amide bonds. The molecule has 0 bridgehead atoms. The number of carbonyl (C=O) groups excluding carboxylic acids is 1. The normalized spacial score (nSPS) is 17.4. The lowest BCUT2D eigenvalue weighted by Gasteiger charge is -2.30. The fourth-order valence-corrected chi connectivity index (χ4v) is 5.61. The van der Waals surface area contributed by atoms with E-state index in [0.29, 0.717) is 44.0 Å². The first-order valence-corrected chi connectivity index (χ1v) is 12.3. The topological polar surface area (TPSA) is 96.7 Å². The smallest absolute Gasteiger partial charge is 0.286 e. The van der Waals surface area contributed by atoms with Crippen molar-refractivity contribution in [2.24, 2.45) is 4.40 Å². The zero-order chi connectivity index (χ0) is 22.2. The fourth-order valence-electron chi connectivity index (χ4n) is 4.10. The highest BCUT2D eigenvalue weighted by atomic mass is 35.5. The average Bonchev–Trinajstić information content (AvgIpc) is 2.88. The van der Waals surface area contributed by atoms with E-state index in [1.807, 2.05) is 29.5 Å². The van der Waals surface area contributed by atoms with Crippen LogP contribution < -0.4 is 10.2 Å². The van der Waals surface area contributed by atoms with Gasteiger partial charge in [0.2, 0.25) is 0 Å². The number of benzene rings is 1. The standard InChI is InChI=1S/C21H26ClN5O3S/c1-14-11-15(2)27(24-14)10-6-8-23-21(28)16-12-19-18(13-17(16)22)26-9-5-3-4-7-20(26)25-31(19,29)30/h11-13H,3-10H2,1-2H3,(H,23,28). The number of anilines is 1. The number of nitrogens with one attached hydrogen (secondary N) is 1. The number of aryl methyl sites for hydroxylation is 3. The monoisotopic (exact) mass is 463 g/mol. The van der Waals surface area contributed by atoms with E-state index in [1.165, 1.54) is 6.07 Å². The quantitative estimate of drug-likeness (QED) is 0.685. The van der Waals surface area contributed by atoms with Gasteiger partial charge in [0.05, 0.1) is 22.0 Å². The second-order valence-electron chi connectivity index (χ2n) is 8.00. The average molecular weight is 464 g/mol. The number of sulfonamides is 1. The molecule has 0 radical (unpaired) electrons. The molecule has 1 aromatic carbocycles. The summed E-state index contributed by atoms with van der Waals surface area (Å²) in [5.74, 6) is 0.157. The lowest BCUT2D eigenvalue weighted by molar-refractivity contribution is 0.0952. The van der Waals surface area contributed by atoms with Crippen LogP contribution in [0.1, 0.15) is 53.8 Å². The molecule has 1 fully saturated rings. The van der Waals surface area contributed by atoms with Crippen LogP contribution in [-0.2, 0) is 16.6 Å². The van der Waals surface area contributed by atoms with Crippen molar-refractivity contribution in [3.05, 3.63) is 40.2 Å². The van der Waals surface area contributed by atoms with Crippen molar-refractivity contribution >= 4 is 39.1 Å². The summed E-state index contributed by atoms with van der Waals surface area (Å²) in [4.78, 5) is 14.7. The SMILES string of the molecule is Cc1cc(C)n(CCCNC(=O)c2cc3c(cc2Cl)N2CCCCCC2=NS3(=O)=O)n1. The van der Waals surface area contributed by atoms with E-state index in [2.05, 4.69) is 14.8 Å². The number of amides is 1. The van der Waals surface area contributed by atoms with Gasteiger partial charge in [-0.1, -0.05) is 18.0 Å². The molecule has 0 aliphatic carbocycles. The first-order chi connectivity index (χ1) is 14.8. The van der Waals surface area contributed by atoms with E-state index >= 15 is 0 Å². The van der Waals surface area contributed by atoms with Crippen LogP contribution in [0, 0.1) is 13.8 Å². The third-order valence-electron chi connectivity index (χ3n) is 5.62. The van der Waals surface area contributed by atoms with Gasteiger partial charge in [-0.3, -0.25) is 9.48 Å². The summed E-state index contributed by atoms with van der Waals surface area (Å²) < 4.78 is 31.5. The molecule has 0 atom stereocenters. The Kier molecular flexibility index (Phi) is 6.07. The highest BCUT2D eigenvalue weighted by Crippen LogP contribution is 2.37. The maximum atomic E-state index is 12.8. The molecule has 2 aliphatic heterocycles. The van der Waals surface area contributed by atoms with Gasteiger partial charge in [-0.05, 0) is 51.3 Å². The number of rotatable bonds is 5. The number of nitrogens with zero attached hydrogens (tertiary/aromatic N) is 4. The van der Waals surface area contributed by atoms with Crippen LogP contribution in [0.25, 0.3) is 0 Å². The van der Waals surface area contributed by atoms with E-state index < -0.39 is 15.9 Å². The van der Waals surface area contributed by atoms with Crippen LogP contribution in [-0.4, -0.2) is 43.0 Å². The van der Waals surface area contributed by atoms with Gasteiger partial charge in [0.25, 0.3) is 15.9 Å². The summed E-state index contributed by atoms with van der Waals surface area (Å²) in [5.41, 5.74) is 2.68. The molecule has 2 aromatic rings. The molecule has 0 spiro atoms. The molecular formula is C21H26ClN5O3S. The summed E-state index contributed by atoms with van der Waals surface area (Å²) in [7, 11) is -3.87. The third kappa shape index (κ3) is 4.48. The lowest BCUT2D eigenvalue weighted by Crippen LogP contribution is -2.35. The third-order valence-corrected chi connectivity index (χ3v) is 7.26. The number of hydrogen-bond acceptors (Lipinski definition) is 5. The molecule has 3 heterocycles. The molecule has 1 N–H and O–H groups in total. The van der Waals surface area contributed by atoms with Gasteiger partial charge in [0, 0.05) is 31.7 Å². The molecule has 0 unspecified atom stereocenters. The van der Waals surface area contributed by atoms with Crippen molar-refractivity contribution in [1.29, 1.82) is 0 Å². The minimum atomic E-state index is -3.87. The number of hydrogen-bond donors (Lipinski definition) is 1. The first kappa shape index (κ1) is 21.8. The largest absolute Gasteiger partial charge is 0.352 e. The van der Waals surface area contributed by atoms with Crippen molar-refractivity contribution in [2.75, 3.05) is 18.0 Å². The molecular weight excluding hydrogens is 438 g/mol. The lowest BCUT2D eigenvalue weighted by atomic mass is 10.1. The maximum absolute atomic E-state index is 12.8. The Morgan fingerprint density at radius 2 is 2.00 bits per heavy atom. The number of fused-ring (bicyclic) bond motifs is 3. The Bertz CT molecular complexity index is 1160. The molecule has 10 heteroatoms. The minimum Gasteiger partial charge on any atom is -0.352 e. The summed E-state index contributed by atoms with van der Waals surface area (Å²) in [6.07, 6.45) is 4.19. The molecule has 4 rings (SSSR count). The summed E-state index contributed by atoms with van der Waals surface area (Å²) in [6.45, 7) is 5.72. The van der Waals surface area contributed by atoms with Crippen LogP contribution >= 0.6 is 11.6 Å². The zero-order valence-electron chi connectivity index (χ0n) is 17.7. The van der Waals surface area contributed by atoms with Crippen LogP contribution in [0.5, 0.6) is 0 Å².